The number of rotatable bonds is 8. The maximum Gasteiger partial charge on any atom is 0.226 e. The fourth-order valence-electron chi connectivity index (χ4n) is 2.33. The number of hydrogen-bond acceptors (Lipinski definition) is 5. The molecule has 1 amide bonds. The second kappa shape index (κ2) is 10.3. The Morgan fingerprint density at radius 2 is 1.96 bits per heavy atom. The first-order valence-corrected chi connectivity index (χ1v) is 8.81. The molecule has 0 atom stereocenters. The Morgan fingerprint density at radius 1 is 1.23 bits per heavy atom. The van der Waals surface area contributed by atoms with E-state index in [2.05, 4.69) is 27.7 Å². The number of aromatic nitrogens is 2. The quantitative estimate of drug-likeness (QED) is 0.726. The fourth-order valence-corrected chi connectivity index (χ4v) is 2.33. The summed E-state index contributed by atoms with van der Waals surface area (Å²) in [6.07, 6.45) is 1.70. The van der Waals surface area contributed by atoms with Crippen LogP contribution in [-0.4, -0.2) is 22.6 Å². The van der Waals surface area contributed by atoms with E-state index in [0.29, 0.717) is 31.0 Å². The molecule has 0 saturated heterocycles. The summed E-state index contributed by atoms with van der Waals surface area (Å²) < 4.78 is 5.25. The Kier molecular flexibility index (Phi) is 8.75. The Morgan fingerprint density at radius 3 is 2.62 bits per heavy atom. The van der Waals surface area contributed by atoms with Crippen LogP contribution < -0.4 is 10.6 Å². The van der Waals surface area contributed by atoms with Gasteiger partial charge in [0.05, 0.1) is 0 Å². The Balaban J connectivity index is 0.00000338. The van der Waals surface area contributed by atoms with Crippen LogP contribution in [0.1, 0.15) is 57.8 Å². The van der Waals surface area contributed by atoms with Crippen molar-refractivity contribution in [2.45, 2.75) is 58.9 Å². The number of carbonyl (C=O) groups is 1. The number of nitrogens with zero attached hydrogens (tertiary/aromatic N) is 2. The summed E-state index contributed by atoms with van der Waals surface area (Å²) >= 11 is 0. The van der Waals surface area contributed by atoms with Crippen LogP contribution in [0.5, 0.6) is 0 Å². The molecule has 0 saturated carbocycles. The van der Waals surface area contributed by atoms with E-state index in [-0.39, 0.29) is 23.7 Å². The molecule has 0 aliphatic rings. The summed E-state index contributed by atoms with van der Waals surface area (Å²) in [6, 6.07) is 7.85. The van der Waals surface area contributed by atoms with E-state index < -0.39 is 0 Å². The van der Waals surface area contributed by atoms with Gasteiger partial charge >= 0.3 is 0 Å². The Labute approximate surface area is 161 Å². The van der Waals surface area contributed by atoms with Crippen LogP contribution in [0.3, 0.4) is 0 Å². The highest BCUT2D eigenvalue weighted by Gasteiger charge is 2.20. The first-order chi connectivity index (χ1) is 11.9. The predicted octanol–water partition coefficient (Wildman–Crippen LogP) is 3.86. The highest BCUT2D eigenvalue weighted by Crippen LogP contribution is 2.19. The van der Waals surface area contributed by atoms with E-state index in [9.17, 15) is 4.79 Å². The minimum Gasteiger partial charge on any atom is -0.339 e. The number of benzene rings is 1. The van der Waals surface area contributed by atoms with Gasteiger partial charge in [-0.15, -0.1) is 12.4 Å². The number of carbonyl (C=O) groups excluding carboxylic acids is 1. The van der Waals surface area contributed by atoms with Gasteiger partial charge in [0.15, 0.2) is 5.82 Å². The Bertz CT molecular complexity index is 695. The lowest BCUT2D eigenvalue weighted by atomic mass is 9.96. The molecule has 1 heterocycles. The molecule has 2 aromatic rings. The van der Waals surface area contributed by atoms with Crippen molar-refractivity contribution >= 4 is 24.0 Å². The minimum atomic E-state index is -0.130. The molecular weight excluding hydrogens is 352 g/mol. The van der Waals surface area contributed by atoms with E-state index >= 15 is 0 Å². The minimum absolute atomic E-state index is 0. The van der Waals surface area contributed by atoms with E-state index in [1.807, 2.05) is 45.0 Å². The number of anilines is 1. The number of hydrogen-bond donors (Lipinski definition) is 2. The van der Waals surface area contributed by atoms with Gasteiger partial charge in [0, 0.05) is 30.5 Å². The van der Waals surface area contributed by atoms with Crippen LogP contribution in [0, 0.1) is 0 Å². The van der Waals surface area contributed by atoms with E-state index in [0.717, 1.165) is 24.3 Å². The SMILES string of the molecule is CCNCc1ccccc1NC(=O)CCCc1nc(C(C)(C)C)no1.Cl. The standard InChI is InChI=1S/C19H28N4O2.ClH/c1-5-20-13-14-9-6-7-10-15(14)21-16(24)11-8-12-17-22-18(23-25-17)19(2,3)4;/h6-7,9-10,20H,5,8,11-13H2,1-4H3,(H,21,24);1H. The van der Waals surface area contributed by atoms with Crippen LogP contribution in [0.25, 0.3) is 0 Å². The van der Waals surface area contributed by atoms with Crippen molar-refractivity contribution in [3.8, 4) is 0 Å². The predicted molar refractivity (Wildman–Crippen MR) is 106 cm³/mol. The molecule has 0 bridgehead atoms. The Hall–Kier alpha value is -1.92. The molecule has 2 rings (SSSR count). The molecule has 144 valence electrons. The molecule has 26 heavy (non-hydrogen) atoms. The lowest BCUT2D eigenvalue weighted by Crippen LogP contribution is -2.17. The first-order valence-electron chi connectivity index (χ1n) is 8.81. The van der Waals surface area contributed by atoms with Gasteiger partial charge in [-0.2, -0.15) is 4.98 Å². The van der Waals surface area contributed by atoms with Crippen molar-refractivity contribution in [3.05, 3.63) is 41.5 Å². The maximum atomic E-state index is 12.2. The third kappa shape index (κ3) is 6.77. The van der Waals surface area contributed by atoms with Gasteiger partial charge in [-0.1, -0.05) is 51.1 Å². The normalized spacial score (nSPS) is 11.1. The van der Waals surface area contributed by atoms with E-state index in [1.54, 1.807) is 0 Å². The van der Waals surface area contributed by atoms with Gasteiger partial charge in [0.25, 0.3) is 0 Å². The molecule has 0 aliphatic carbocycles. The number of nitrogens with one attached hydrogen (secondary N) is 2. The molecule has 0 spiro atoms. The molecular formula is C19H29ClN4O2. The molecule has 0 radical (unpaired) electrons. The molecule has 0 aliphatic heterocycles. The van der Waals surface area contributed by atoms with Gasteiger partial charge in [0.2, 0.25) is 11.8 Å². The van der Waals surface area contributed by atoms with Crippen LogP contribution in [0.2, 0.25) is 0 Å². The first kappa shape index (κ1) is 22.1. The van der Waals surface area contributed by atoms with Crippen molar-refractivity contribution in [3.63, 3.8) is 0 Å². The zero-order chi connectivity index (χ0) is 18.3. The monoisotopic (exact) mass is 380 g/mol. The third-order valence-electron chi connectivity index (χ3n) is 3.79. The van der Waals surface area contributed by atoms with Crippen molar-refractivity contribution < 1.29 is 9.32 Å². The zero-order valence-corrected chi connectivity index (χ0v) is 16.8. The van der Waals surface area contributed by atoms with Crippen LogP contribution >= 0.6 is 12.4 Å². The molecule has 6 nitrogen and oxygen atoms in total. The van der Waals surface area contributed by atoms with Crippen molar-refractivity contribution in [2.75, 3.05) is 11.9 Å². The molecule has 0 unspecified atom stereocenters. The third-order valence-corrected chi connectivity index (χ3v) is 3.79. The molecule has 1 aromatic heterocycles. The van der Waals surface area contributed by atoms with Gasteiger partial charge in [-0.3, -0.25) is 4.79 Å². The summed E-state index contributed by atoms with van der Waals surface area (Å²) in [6.45, 7) is 9.82. The highest BCUT2D eigenvalue weighted by atomic mass is 35.5. The molecule has 1 aromatic carbocycles. The zero-order valence-electron chi connectivity index (χ0n) is 16.0. The van der Waals surface area contributed by atoms with Crippen LogP contribution in [0.4, 0.5) is 5.69 Å². The number of para-hydroxylation sites is 1. The second-order valence-corrected chi connectivity index (χ2v) is 7.10. The average molecular weight is 381 g/mol. The van der Waals surface area contributed by atoms with Gasteiger partial charge in [0.1, 0.15) is 0 Å². The van der Waals surface area contributed by atoms with E-state index in [4.69, 9.17) is 4.52 Å². The molecule has 2 N–H and O–H groups in total. The van der Waals surface area contributed by atoms with E-state index in [1.165, 1.54) is 0 Å². The summed E-state index contributed by atoms with van der Waals surface area (Å²) in [5.41, 5.74) is 1.82. The lowest BCUT2D eigenvalue weighted by molar-refractivity contribution is -0.116. The fraction of sp³-hybridized carbons (Fsp3) is 0.526. The van der Waals surface area contributed by atoms with Crippen molar-refractivity contribution in [2.24, 2.45) is 0 Å². The topological polar surface area (TPSA) is 80.0 Å². The molecule has 7 heteroatoms. The second-order valence-electron chi connectivity index (χ2n) is 7.10. The summed E-state index contributed by atoms with van der Waals surface area (Å²) in [5, 5.41) is 10.3. The number of halogens is 1. The van der Waals surface area contributed by atoms with Crippen LogP contribution in [-0.2, 0) is 23.2 Å². The number of amides is 1. The van der Waals surface area contributed by atoms with Crippen molar-refractivity contribution in [1.82, 2.24) is 15.5 Å². The summed E-state index contributed by atoms with van der Waals surface area (Å²) in [5.74, 6) is 1.29. The van der Waals surface area contributed by atoms with Crippen LogP contribution in [0.15, 0.2) is 28.8 Å². The summed E-state index contributed by atoms with van der Waals surface area (Å²) in [7, 11) is 0. The largest absolute Gasteiger partial charge is 0.339 e. The average Bonchev–Trinajstić information content (AvgIpc) is 3.03. The highest BCUT2D eigenvalue weighted by molar-refractivity contribution is 5.91. The maximum absolute atomic E-state index is 12.2. The van der Waals surface area contributed by atoms with Crippen molar-refractivity contribution in [1.29, 1.82) is 0 Å². The molecule has 0 fully saturated rings. The van der Waals surface area contributed by atoms with Gasteiger partial charge in [-0.25, -0.2) is 0 Å². The summed E-state index contributed by atoms with van der Waals surface area (Å²) in [4.78, 5) is 16.6. The van der Waals surface area contributed by atoms with Gasteiger partial charge in [-0.05, 0) is 24.6 Å². The lowest BCUT2D eigenvalue weighted by Gasteiger charge is -2.11. The number of aryl methyl sites for hydroxylation is 1. The smallest absolute Gasteiger partial charge is 0.226 e. The van der Waals surface area contributed by atoms with Gasteiger partial charge < -0.3 is 15.2 Å².